The molecule has 8 heteroatoms. The summed E-state index contributed by atoms with van der Waals surface area (Å²) in [7, 11) is 0. The number of anilines is 1. The molecule has 2 fully saturated rings. The molecule has 0 bridgehead atoms. The van der Waals surface area contributed by atoms with Crippen molar-refractivity contribution in [1.82, 2.24) is 14.8 Å². The molecule has 3 heterocycles. The van der Waals surface area contributed by atoms with Crippen molar-refractivity contribution in [2.24, 2.45) is 0 Å². The van der Waals surface area contributed by atoms with Gasteiger partial charge in [0.2, 0.25) is 0 Å². The molecule has 0 radical (unpaired) electrons. The Morgan fingerprint density at radius 3 is 2.71 bits per heavy atom. The number of thiazole rings is 1. The number of carbonyl (C=O) groups excluding carboxylic acids is 2. The summed E-state index contributed by atoms with van der Waals surface area (Å²) in [5.74, 6) is 0.00917. The van der Waals surface area contributed by atoms with Crippen molar-refractivity contribution in [3.8, 4) is 6.07 Å². The van der Waals surface area contributed by atoms with Crippen LogP contribution in [0.5, 0.6) is 0 Å². The molecular formula is C20H21N5O2S. The Kier molecular flexibility index (Phi) is 5.26. The summed E-state index contributed by atoms with van der Waals surface area (Å²) in [6.07, 6.45) is 4.84. The first-order chi connectivity index (χ1) is 13.7. The van der Waals surface area contributed by atoms with Gasteiger partial charge in [0, 0.05) is 32.7 Å². The Balaban J connectivity index is 1.45. The summed E-state index contributed by atoms with van der Waals surface area (Å²) in [4.78, 5) is 35.6. The predicted octanol–water partition coefficient (Wildman–Crippen LogP) is 3.08. The number of aromatic nitrogens is 1. The van der Waals surface area contributed by atoms with E-state index in [9.17, 15) is 14.9 Å². The number of amides is 3. The zero-order valence-corrected chi connectivity index (χ0v) is 16.3. The Bertz CT molecular complexity index is 929. The van der Waals surface area contributed by atoms with Crippen LogP contribution in [0, 0.1) is 11.3 Å². The number of hydrogen-bond donors (Lipinski definition) is 0. The third-order valence-electron chi connectivity index (χ3n) is 5.17. The zero-order valence-electron chi connectivity index (χ0n) is 15.5. The monoisotopic (exact) mass is 395 g/mol. The second-order valence-corrected chi connectivity index (χ2v) is 7.99. The van der Waals surface area contributed by atoms with Gasteiger partial charge in [-0.2, -0.15) is 5.26 Å². The topological polar surface area (TPSA) is 80.5 Å². The van der Waals surface area contributed by atoms with Crippen LogP contribution in [0.3, 0.4) is 0 Å². The molecule has 2 saturated heterocycles. The Morgan fingerprint density at radius 2 is 1.93 bits per heavy atom. The molecule has 2 aliphatic rings. The van der Waals surface area contributed by atoms with Crippen LogP contribution in [-0.4, -0.2) is 52.9 Å². The molecule has 0 unspecified atom stereocenters. The maximum atomic E-state index is 12.8. The van der Waals surface area contributed by atoms with Gasteiger partial charge in [-0.15, -0.1) is 0 Å². The van der Waals surface area contributed by atoms with Crippen LogP contribution >= 0.6 is 11.3 Å². The molecule has 0 spiro atoms. The van der Waals surface area contributed by atoms with E-state index < -0.39 is 0 Å². The van der Waals surface area contributed by atoms with Crippen LogP contribution in [0.1, 0.15) is 40.1 Å². The first-order valence-electron chi connectivity index (χ1n) is 9.47. The quantitative estimate of drug-likeness (QED) is 0.797. The number of urea groups is 1. The first-order valence-corrected chi connectivity index (χ1v) is 10.3. The van der Waals surface area contributed by atoms with E-state index in [0.717, 1.165) is 31.5 Å². The van der Waals surface area contributed by atoms with Crippen molar-refractivity contribution >= 4 is 28.4 Å². The maximum absolute atomic E-state index is 12.8. The third kappa shape index (κ3) is 3.58. The van der Waals surface area contributed by atoms with Crippen molar-refractivity contribution in [2.75, 3.05) is 31.1 Å². The molecule has 144 valence electrons. The van der Waals surface area contributed by atoms with Gasteiger partial charge in [-0.25, -0.2) is 9.78 Å². The maximum Gasteiger partial charge on any atom is 0.326 e. The fourth-order valence-electron chi connectivity index (χ4n) is 3.62. The lowest BCUT2D eigenvalue weighted by atomic mass is 10.1. The summed E-state index contributed by atoms with van der Waals surface area (Å²) < 4.78 is 0. The molecule has 7 nitrogen and oxygen atoms in total. The van der Waals surface area contributed by atoms with Crippen LogP contribution in [0.25, 0.3) is 0 Å². The van der Waals surface area contributed by atoms with E-state index >= 15 is 0 Å². The third-order valence-corrected chi connectivity index (χ3v) is 6.18. The molecular weight excluding hydrogens is 374 g/mol. The van der Waals surface area contributed by atoms with Gasteiger partial charge in [0.15, 0.2) is 5.13 Å². The summed E-state index contributed by atoms with van der Waals surface area (Å²) in [5.41, 5.74) is 1.41. The number of carbonyl (C=O) groups is 2. The lowest BCUT2D eigenvalue weighted by Crippen LogP contribution is -2.35. The van der Waals surface area contributed by atoms with Crippen LogP contribution in [0.4, 0.5) is 9.93 Å². The molecule has 4 rings (SSSR count). The van der Waals surface area contributed by atoms with Crippen LogP contribution < -0.4 is 4.90 Å². The molecule has 1 aromatic heterocycles. The minimum absolute atomic E-state index is 0.00917. The molecule has 3 amide bonds. The van der Waals surface area contributed by atoms with E-state index in [0.29, 0.717) is 35.2 Å². The summed E-state index contributed by atoms with van der Waals surface area (Å²) >= 11 is 1.28. The van der Waals surface area contributed by atoms with Crippen LogP contribution in [0.2, 0.25) is 0 Å². The van der Waals surface area contributed by atoms with Gasteiger partial charge in [0.05, 0.1) is 17.8 Å². The van der Waals surface area contributed by atoms with Crippen molar-refractivity contribution in [3.05, 3.63) is 46.5 Å². The van der Waals surface area contributed by atoms with E-state index in [4.69, 9.17) is 0 Å². The second kappa shape index (κ2) is 7.98. The van der Waals surface area contributed by atoms with Gasteiger partial charge < -0.3 is 9.80 Å². The minimum atomic E-state index is -0.140. The van der Waals surface area contributed by atoms with E-state index in [1.165, 1.54) is 17.8 Å². The summed E-state index contributed by atoms with van der Waals surface area (Å²) in [6.45, 7) is 3.07. The fraction of sp³-hybridized carbons (Fsp3) is 0.400. The summed E-state index contributed by atoms with van der Waals surface area (Å²) in [6, 6.07) is 9.34. The molecule has 2 aromatic rings. The van der Waals surface area contributed by atoms with Crippen LogP contribution in [-0.2, 0) is 6.54 Å². The normalized spacial score (nSPS) is 17.1. The molecule has 0 saturated carbocycles. The minimum Gasteiger partial charge on any atom is -0.338 e. The van der Waals surface area contributed by atoms with Gasteiger partial charge in [0.25, 0.3) is 5.91 Å². The smallest absolute Gasteiger partial charge is 0.326 e. The standard InChI is InChI=1S/C20H21N5O2S/c21-12-15-6-2-3-7-16(15)14-24-10-11-25(20(24)27)19-22-13-17(28-19)18(26)23-8-4-1-5-9-23/h2-3,6-7,13H,1,4-5,8-11,14H2. The van der Waals surface area contributed by atoms with Gasteiger partial charge in [-0.1, -0.05) is 29.5 Å². The van der Waals surface area contributed by atoms with E-state index in [1.807, 2.05) is 23.1 Å². The molecule has 0 aliphatic carbocycles. The predicted molar refractivity (Wildman–Crippen MR) is 106 cm³/mol. The highest BCUT2D eigenvalue weighted by Gasteiger charge is 2.32. The van der Waals surface area contributed by atoms with Gasteiger partial charge in [-0.05, 0) is 30.9 Å². The Labute approximate surface area is 167 Å². The lowest BCUT2D eigenvalue weighted by molar-refractivity contribution is 0.0729. The molecule has 2 aliphatic heterocycles. The Morgan fingerprint density at radius 1 is 1.14 bits per heavy atom. The number of nitriles is 1. The molecule has 0 N–H and O–H groups in total. The summed E-state index contributed by atoms with van der Waals surface area (Å²) in [5, 5.41) is 9.80. The first kappa shape index (κ1) is 18.4. The number of likely N-dealkylation sites (tertiary alicyclic amines) is 1. The number of piperidine rings is 1. The number of benzene rings is 1. The van der Waals surface area contributed by atoms with Crippen molar-refractivity contribution in [2.45, 2.75) is 25.8 Å². The zero-order chi connectivity index (χ0) is 19.5. The van der Waals surface area contributed by atoms with E-state index in [-0.39, 0.29) is 11.9 Å². The average molecular weight is 395 g/mol. The number of nitrogens with zero attached hydrogens (tertiary/aromatic N) is 5. The van der Waals surface area contributed by atoms with Gasteiger partial charge >= 0.3 is 6.03 Å². The number of hydrogen-bond acceptors (Lipinski definition) is 5. The average Bonchev–Trinajstić information content (AvgIpc) is 3.36. The number of rotatable bonds is 4. The highest BCUT2D eigenvalue weighted by atomic mass is 32.1. The lowest BCUT2D eigenvalue weighted by Gasteiger charge is -2.25. The fourth-order valence-corrected chi connectivity index (χ4v) is 4.52. The molecule has 1 aromatic carbocycles. The van der Waals surface area contributed by atoms with Crippen molar-refractivity contribution < 1.29 is 9.59 Å². The largest absolute Gasteiger partial charge is 0.338 e. The Hall–Kier alpha value is -2.92. The van der Waals surface area contributed by atoms with E-state index in [2.05, 4.69) is 11.1 Å². The van der Waals surface area contributed by atoms with E-state index in [1.54, 1.807) is 22.1 Å². The molecule has 0 atom stereocenters. The highest BCUT2D eigenvalue weighted by molar-refractivity contribution is 7.17. The highest BCUT2D eigenvalue weighted by Crippen LogP contribution is 2.28. The van der Waals surface area contributed by atoms with Gasteiger partial charge in [0.1, 0.15) is 4.88 Å². The van der Waals surface area contributed by atoms with Gasteiger partial charge in [-0.3, -0.25) is 9.69 Å². The van der Waals surface area contributed by atoms with Crippen molar-refractivity contribution in [1.29, 1.82) is 5.26 Å². The van der Waals surface area contributed by atoms with Crippen LogP contribution in [0.15, 0.2) is 30.5 Å². The second-order valence-electron chi connectivity index (χ2n) is 6.98. The SMILES string of the molecule is N#Cc1ccccc1CN1CCN(c2ncc(C(=O)N3CCCCC3)s2)C1=O. The van der Waals surface area contributed by atoms with Crippen molar-refractivity contribution in [3.63, 3.8) is 0 Å². The molecule has 28 heavy (non-hydrogen) atoms.